The van der Waals surface area contributed by atoms with Crippen molar-refractivity contribution >= 4 is 0 Å². The van der Waals surface area contributed by atoms with Gasteiger partial charge in [-0.05, 0) is 0 Å². The van der Waals surface area contributed by atoms with Crippen LogP contribution in [0.3, 0.4) is 0 Å². The molecule has 0 aliphatic carbocycles. The minimum Gasteiger partial charge on any atom is -0.393 e. The number of ether oxygens (including phenoxy) is 1. The first-order valence-electron chi connectivity index (χ1n) is 2.68. The lowest BCUT2D eigenvalue weighted by Gasteiger charge is -2.14. The van der Waals surface area contributed by atoms with E-state index in [9.17, 15) is 0 Å². The molecule has 0 bridgehead atoms. The fraction of sp³-hybridized carbons (Fsp3) is 1.00. The second-order valence-corrected chi connectivity index (χ2v) is 2.19. The van der Waals surface area contributed by atoms with Gasteiger partial charge in [0.2, 0.25) is 0 Å². The Labute approximate surface area is 47.9 Å². The van der Waals surface area contributed by atoms with E-state index in [0.29, 0.717) is 13.0 Å². The molecule has 1 aliphatic rings. The van der Waals surface area contributed by atoms with Gasteiger partial charge in [-0.3, -0.25) is 0 Å². The molecule has 48 valence electrons. The van der Waals surface area contributed by atoms with Crippen LogP contribution in [0.2, 0.25) is 0 Å². The van der Waals surface area contributed by atoms with E-state index in [-0.39, 0.29) is 13.2 Å². The van der Waals surface area contributed by atoms with Crippen LogP contribution in [0.4, 0.5) is 0 Å². The lowest BCUT2D eigenvalue weighted by Crippen LogP contribution is -2.32. The molecule has 1 aliphatic heterocycles. The van der Waals surface area contributed by atoms with Crippen LogP contribution in [0.1, 0.15) is 6.42 Å². The second-order valence-electron chi connectivity index (χ2n) is 2.19. The Morgan fingerprint density at radius 1 is 1.62 bits per heavy atom. The third-order valence-corrected chi connectivity index (χ3v) is 1.38. The topological polar surface area (TPSA) is 49.7 Å². The zero-order valence-corrected chi connectivity index (χ0v) is 4.63. The Kier molecular flexibility index (Phi) is 1.51. The van der Waals surface area contributed by atoms with Gasteiger partial charge in [0.05, 0.1) is 13.2 Å². The molecule has 0 radical (unpaired) electrons. The van der Waals surface area contributed by atoms with Crippen molar-refractivity contribution in [2.24, 2.45) is 0 Å². The summed E-state index contributed by atoms with van der Waals surface area (Å²) in [5.41, 5.74) is -0.931. The SMILES string of the molecule is OC[C@]1(O)CCOC1. The van der Waals surface area contributed by atoms with Crippen LogP contribution in [0.5, 0.6) is 0 Å². The largest absolute Gasteiger partial charge is 0.393 e. The highest BCUT2D eigenvalue weighted by molar-refractivity contribution is 4.80. The maximum atomic E-state index is 9.12. The van der Waals surface area contributed by atoms with E-state index in [0.717, 1.165) is 0 Å². The molecule has 0 spiro atoms. The predicted molar refractivity (Wildman–Crippen MR) is 27.5 cm³/mol. The molecule has 0 unspecified atom stereocenters. The first-order chi connectivity index (χ1) is 3.77. The van der Waals surface area contributed by atoms with Gasteiger partial charge in [-0.1, -0.05) is 0 Å². The van der Waals surface area contributed by atoms with Gasteiger partial charge >= 0.3 is 0 Å². The van der Waals surface area contributed by atoms with E-state index in [1.165, 1.54) is 0 Å². The quantitative estimate of drug-likeness (QED) is 0.470. The lowest BCUT2D eigenvalue weighted by atomic mass is 10.1. The summed E-state index contributed by atoms with van der Waals surface area (Å²) in [4.78, 5) is 0. The number of hydrogen-bond acceptors (Lipinski definition) is 3. The molecule has 8 heavy (non-hydrogen) atoms. The molecule has 0 aromatic rings. The normalized spacial score (nSPS) is 38.2. The van der Waals surface area contributed by atoms with Gasteiger partial charge in [0.1, 0.15) is 5.60 Å². The molecule has 3 nitrogen and oxygen atoms in total. The first kappa shape index (κ1) is 6.01. The Morgan fingerprint density at radius 3 is 2.62 bits per heavy atom. The Balaban J connectivity index is 2.40. The molecule has 1 heterocycles. The maximum Gasteiger partial charge on any atom is 0.113 e. The van der Waals surface area contributed by atoms with Crippen LogP contribution in [0, 0.1) is 0 Å². The van der Waals surface area contributed by atoms with Crippen LogP contribution in [0.25, 0.3) is 0 Å². The van der Waals surface area contributed by atoms with Crippen LogP contribution < -0.4 is 0 Å². The van der Waals surface area contributed by atoms with Gasteiger partial charge in [-0.2, -0.15) is 0 Å². The van der Waals surface area contributed by atoms with Gasteiger partial charge in [0.25, 0.3) is 0 Å². The lowest BCUT2D eigenvalue weighted by molar-refractivity contribution is -0.0200. The zero-order valence-electron chi connectivity index (χ0n) is 4.63. The van der Waals surface area contributed by atoms with E-state index in [4.69, 9.17) is 14.9 Å². The third kappa shape index (κ3) is 0.992. The monoisotopic (exact) mass is 118 g/mol. The van der Waals surface area contributed by atoms with Gasteiger partial charge in [-0.15, -0.1) is 0 Å². The summed E-state index contributed by atoms with van der Waals surface area (Å²) in [6.07, 6.45) is 0.559. The summed E-state index contributed by atoms with van der Waals surface area (Å²) < 4.78 is 4.84. The van der Waals surface area contributed by atoms with Gasteiger partial charge < -0.3 is 14.9 Å². The summed E-state index contributed by atoms with van der Waals surface area (Å²) in [6, 6.07) is 0. The van der Waals surface area contributed by atoms with Gasteiger partial charge in [-0.25, -0.2) is 0 Å². The van der Waals surface area contributed by atoms with Gasteiger partial charge in [0.15, 0.2) is 0 Å². The minimum atomic E-state index is -0.931. The molecule has 0 amide bonds. The highest BCUT2D eigenvalue weighted by Gasteiger charge is 2.30. The molecular formula is C5H10O3. The van der Waals surface area contributed by atoms with Crippen molar-refractivity contribution in [3.63, 3.8) is 0 Å². The summed E-state index contributed by atoms with van der Waals surface area (Å²) in [6.45, 7) is 0.660. The van der Waals surface area contributed by atoms with Crippen molar-refractivity contribution in [1.29, 1.82) is 0 Å². The molecular weight excluding hydrogens is 108 g/mol. The summed E-state index contributed by atoms with van der Waals surface area (Å²) in [5, 5.41) is 17.6. The molecule has 1 fully saturated rings. The van der Waals surface area contributed by atoms with Crippen molar-refractivity contribution in [3.8, 4) is 0 Å². The summed E-state index contributed by atoms with van der Waals surface area (Å²) in [5.74, 6) is 0. The van der Waals surface area contributed by atoms with E-state index in [2.05, 4.69) is 0 Å². The third-order valence-electron chi connectivity index (χ3n) is 1.38. The summed E-state index contributed by atoms with van der Waals surface area (Å²) >= 11 is 0. The van der Waals surface area contributed by atoms with E-state index >= 15 is 0 Å². The molecule has 1 rings (SSSR count). The van der Waals surface area contributed by atoms with E-state index in [1.54, 1.807) is 0 Å². The standard InChI is InChI=1S/C5H10O3/c6-3-5(7)1-2-8-4-5/h6-7H,1-4H2/t5-/m1/s1. The molecule has 2 N–H and O–H groups in total. The highest BCUT2D eigenvalue weighted by Crippen LogP contribution is 2.16. The Hall–Kier alpha value is -0.120. The van der Waals surface area contributed by atoms with Crippen molar-refractivity contribution in [2.45, 2.75) is 12.0 Å². The van der Waals surface area contributed by atoms with Crippen molar-refractivity contribution in [3.05, 3.63) is 0 Å². The molecule has 1 atom stereocenters. The van der Waals surface area contributed by atoms with Crippen molar-refractivity contribution in [1.82, 2.24) is 0 Å². The predicted octanol–water partition coefficient (Wildman–Crippen LogP) is -0.870. The average Bonchev–Trinajstić information content (AvgIpc) is 2.17. The van der Waals surface area contributed by atoms with Crippen LogP contribution in [0.15, 0.2) is 0 Å². The Bertz CT molecular complexity index is 75.7. The molecule has 3 heteroatoms. The van der Waals surface area contributed by atoms with Crippen LogP contribution >= 0.6 is 0 Å². The minimum absolute atomic E-state index is 0.188. The molecule has 0 aromatic heterocycles. The number of aliphatic hydroxyl groups is 2. The zero-order chi connectivity index (χ0) is 6.04. The second kappa shape index (κ2) is 2.01. The van der Waals surface area contributed by atoms with Crippen LogP contribution in [-0.4, -0.2) is 35.6 Å². The van der Waals surface area contributed by atoms with E-state index < -0.39 is 5.60 Å². The van der Waals surface area contributed by atoms with Crippen LogP contribution in [-0.2, 0) is 4.74 Å². The fourth-order valence-electron chi connectivity index (χ4n) is 0.721. The highest BCUT2D eigenvalue weighted by atomic mass is 16.5. The molecule has 0 aromatic carbocycles. The number of rotatable bonds is 1. The van der Waals surface area contributed by atoms with Crippen molar-refractivity contribution in [2.75, 3.05) is 19.8 Å². The van der Waals surface area contributed by atoms with Crippen molar-refractivity contribution < 1.29 is 14.9 Å². The van der Waals surface area contributed by atoms with Gasteiger partial charge in [0, 0.05) is 13.0 Å². The summed E-state index contributed by atoms with van der Waals surface area (Å²) in [7, 11) is 0. The maximum absolute atomic E-state index is 9.12. The fourth-order valence-corrected chi connectivity index (χ4v) is 0.721. The average molecular weight is 118 g/mol. The number of hydrogen-bond donors (Lipinski definition) is 2. The smallest absolute Gasteiger partial charge is 0.113 e. The first-order valence-corrected chi connectivity index (χ1v) is 2.68. The molecule has 1 saturated heterocycles. The Morgan fingerprint density at radius 2 is 2.38 bits per heavy atom. The number of aliphatic hydroxyl groups excluding tert-OH is 1. The molecule has 0 saturated carbocycles. The van der Waals surface area contributed by atoms with E-state index in [1.807, 2.05) is 0 Å².